The highest BCUT2D eigenvalue weighted by Gasteiger charge is 2.46. The monoisotopic (exact) mass is 239 g/mol. The quantitative estimate of drug-likeness (QED) is 0.683. The zero-order valence-electron chi connectivity index (χ0n) is 11.0. The summed E-state index contributed by atoms with van der Waals surface area (Å²) in [5, 5.41) is 0. The van der Waals surface area contributed by atoms with Crippen LogP contribution in [0, 0.1) is 0 Å². The Hall–Kier alpha value is -1.70. The molecule has 0 aromatic heterocycles. The van der Waals surface area contributed by atoms with E-state index < -0.39 is 0 Å². The lowest BCUT2D eigenvalue weighted by atomic mass is 9.68. The average molecular weight is 239 g/mol. The van der Waals surface area contributed by atoms with Gasteiger partial charge in [-0.15, -0.1) is 0 Å². The third-order valence-electron chi connectivity index (χ3n) is 4.02. The van der Waals surface area contributed by atoms with Gasteiger partial charge in [0.15, 0.2) is 5.78 Å². The number of benzene rings is 1. The number of hydrogen-bond donors (Lipinski definition) is 0. The lowest BCUT2D eigenvalue weighted by Crippen LogP contribution is -2.35. The van der Waals surface area contributed by atoms with E-state index in [-0.39, 0.29) is 16.7 Å². The van der Waals surface area contributed by atoms with Gasteiger partial charge in [0.25, 0.3) is 0 Å². The fraction of sp³-hybridized carbons (Fsp3) is 0.375. The van der Waals surface area contributed by atoms with E-state index in [1.165, 1.54) is 0 Å². The van der Waals surface area contributed by atoms with E-state index in [4.69, 9.17) is 4.99 Å². The van der Waals surface area contributed by atoms with Crippen molar-refractivity contribution in [3.05, 3.63) is 47.5 Å². The second-order valence-electron chi connectivity index (χ2n) is 5.90. The van der Waals surface area contributed by atoms with Crippen LogP contribution in [-0.2, 0) is 5.41 Å². The molecular weight excluding hydrogens is 222 g/mol. The van der Waals surface area contributed by atoms with Gasteiger partial charge in [-0.1, -0.05) is 30.3 Å². The van der Waals surface area contributed by atoms with Crippen LogP contribution in [0.4, 0.5) is 0 Å². The number of rotatable bonds is 0. The van der Waals surface area contributed by atoms with Crippen LogP contribution in [0.15, 0.2) is 41.4 Å². The summed E-state index contributed by atoms with van der Waals surface area (Å²) in [6.45, 7) is 6.38. The molecule has 1 aromatic rings. The molecule has 0 saturated heterocycles. The minimum atomic E-state index is -0.173. The Morgan fingerprint density at radius 3 is 2.61 bits per heavy atom. The standard InChI is InChI=1S/C16H17NO/c1-11-16(10-15(2,3)17-11)9-8-14(18)12-6-4-5-7-13(12)16/h4-9H,10H2,1-3H3/t16-/m1/s1. The minimum Gasteiger partial charge on any atom is -0.289 e. The average Bonchev–Trinajstić information content (AvgIpc) is 2.55. The van der Waals surface area contributed by atoms with Gasteiger partial charge in [0.05, 0.1) is 11.0 Å². The molecule has 0 unspecified atom stereocenters. The molecule has 92 valence electrons. The van der Waals surface area contributed by atoms with E-state index in [1.54, 1.807) is 6.08 Å². The Morgan fingerprint density at radius 1 is 1.22 bits per heavy atom. The lowest BCUT2D eigenvalue weighted by molar-refractivity contribution is 0.104. The molecule has 1 atom stereocenters. The summed E-state index contributed by atoms with van der Waals surface area (Å²) in [4.78, 5) is 16.7. The van der Waals surface area contributed by atoms with Crippen LogP contribution in [0.5, 0.6) is 0 Å². The first-order valence-electron chi connectivity index (χ1n) is 6.35. The number of hydrogen-bond acceptors (Lipinski definition) is 2. The van der Waals surface area contributed by atoms with Crippen LogP contribution >= 0.6 is 0 Å². The maximum absolute atomic E-state index is 12.0. The summed E-state index contributed by atoms with van der Waals surface area (Å²) < 4.78 is 0. The topological polar surface area (TPSA) is 29.4 Å². The summed E-state index contributed by atoms with van der Waals surface area (Å²) in [5.74, 6) is 0.105. The van der Waals surface area contributed by atoms with Crippen molar-refractivity contribution in [2.45, 2.75) is 38.1 Å². The summed E-state index contributed by atoms with van der Waals surface area (Å²) in [6, 6.07) is 7.92. The van der Waals surface area contributed by atoms with Gasteiger partial charge in [-0.05, 0) is 38.8 Å². The van der Waals surface area contributed by atoms with E-state index >= 15 is 0 Å². The molecule has 0 bridgehead atoms. The van der Waals surface area contributed by atoms with Crippen molar-refractivity contribution in [1.29, 1.82) is 0 Å². The van der Waals surface area contributed by atoms with Gasteiger partial charge < -0.3 is 0 Å². The smallest absolute Gasteiger partial charge is 0.185 e. The van der Waals surface area contributed by atoms with Gasteiger partial charge in [-0.2, -0.15) is 0 Å². The number of carbonyl (C=O) groups excluding carboxylic acids is 1. The Kier molecular flexibility index (Phi) is 2.16. The fourth-order valence-electron chi connectivity index (χ4n) is 3.36. The summed E-state index contributed by atoms with van der Waals surface area (Å²) in [5.41, 5.74) is 2.83. The number of fused-ring (bicyclic) bond motifs is 2. The third kappa shape index (κ3) is 1.41. The molecule has 2 aliphatic rings. The molecule has 1 aliphatic carbocycles. The van der Waals surface area contributed by atoms with Crippen molar-refractivity contribution < 1.29 is 4.79 Å². The van der Waals surface area contributed by atoms with Gasteiger partial charge in [-0.25, -0.2) is 0 Å². The molecule has 1 heterocycles. The first-order chi connectivity index (χ1) is 8.45. The van der Waals surface area contributed by atoms with Crippen LogP contribution in [0.2, 0.25) is 0 Å². The first kappa shape index (κ1) is 11.4. The zero-order chi connectivity index (χ0) is 13.0. The normalized spacial score (nSPS) is 28.4. The zero-order valence-corrected chi connectivity index (χ0v) is 11.0. The molecule has 0 fully saturated rings. The number of aliphatic imine (C=N–C) groups is 1. The van der Waals surface area contributed by atoms with Crippen molar-refractivity contribution >= 4 is 11.5 Å². The summed E-state index contributed by atoms with van der Waals surface area (Å²) in [6.07, 6.45) is 4.70. The summed E-state index contributed by atoms with van der Waals surface area (Å²) >= 11 is 0. The molecule has 0 saturated carbocycles. The van der Waals surface area contributed by atoms with Gasteiger partial charge in [0, 0.05) is 11.3 Å². The number of nitrogens with zero attached hydrogens (tertiary/aromatic N) is 1. The fourth-order valence-corrected chi connectivity index (χ4v) is 3.36. The minimum absolute atomic E-state index is 0.0536. The molecule has 0 amide bonds. The summed E-state index contributed by atoms with van der Waals surface area (Å²) in [7, 11) is 0. The Bertz CT molecular complexity index is 595. The molecule has 1 aromatic carbocycles. The maximum atomic E-state index is 12.0. The highest BCUT2D eigenvalue weighted by Crippen LogP contribution is 2.46. The van der Waals surface area contributed by atoms with E-state index in [1.807, 2.05) is 24.3 Å². The van der Waals surface area contributed by atoms with Crippen molar-refractivity contribution in [3.8, 4) is 0 Å². The molecule has 0 radical (unpaired) electrons. The predicted octanol–water partition coefficient (Wildman–Crippen LogP) is 3.32. The SMILES string of the molecule is CC1=NC(C)(C)C[C@]12C=CC(=O)c1ccccc12. The molecule has 0 N–H and O–H groups in total. The van der Waals surface area contributed by atoms with Crippen molar-refractivity contribution in [2.75, 3.05) is 0 Å². The molecule has 2 heteroatoms. The van der Waals surface area contributed by atoms with Gasteiger partial charge in [-0.3, -0.25) is 9.79 Å². The Labute approximate surface area is 107 Å². The largest absolute Gasteiger partial charge is 0.289 e. The lowest BCUT2D eigenvalue weighted by Gasteiger charge is -2.32. The second-order valence-corrected chi connectivity index (χ2v) is 5.90. The Balaban J connectivity index is 2.24. The van der Waals surface area contributed by atoms with Crippen molar-refractivity contribution in [3.63, 3.8) is 0 Å². The molecule has 3 rings (SSSR count). The Morgan fingerprint density at radius 2 is 1.94 bits per heavy atom. The van der Waals surface area contributed by atoms with Crippen LogP contribution in [-0.4, -0.2) is 17.0 Å². The number of carbonyl (C=O) groups is 1. The second kappa shape index (κ2) is 3.41. The molecule has 1 spiro atoms. The van der Waals surface area contributed by atoms with E-state index in [0.717, 1.165) is 23.3 Å². The van der Waals surface area contributed by atoms with Gasteiger partial charge in [0.2, 0.25) is 0 Å². The van der Waals surface area contributed by atoms with Crippen LogP contribution in [0.3, 0.4) is 0 Å². The van der Waals surface area contributed by atoms with Crippen molar-refractivity contribution in [2.24, 2.45) is 4.99 Å². The van der Waals surface area contributed by atoms with Crippen LogP contribution in [0.25, 0.3) is 0 Å². The number of allylic oxidation sites excluding steroid dienone is 2. The van der Waals surface area contributed by atoms with E-state index in [0.29, 0.717) is 0 Å². The van der Waals surface area contributed by atoms with E-state index in [2.05, 4.69) is 26.8 Å². The van der Waals surface area contributed by atoms with Crippen molar-refractivity contribution in [1.82, 2.24) is 0 Å². The van der Waals surface area contributed by atoms with Gasteiger partial charge in [0.1, 0.15) is 0 Å². The molecular formula is C16H17NO. The molecule has 18 heavy (non-hydrogen) atoms. The third-order valence-corrected chi connectivity index (χ3v) is 4.02. The predicted molar refractivity (Wildman–Crippen MR) is 73.4 cm³/mol. The highest BCUT2D eigenvalue weighted by atomic mass is 16.1. The highest BCUT2D eigenvalue weighted by molar-refractivity contribution is 6.11. The van der Waals surface area contributed by atoms with Crippen LogP contribution in [0.1, 0.15) is 43.1 Å². The maximum Gasteiger partial charge on any atom is 0.185 e. The molecule has 1 aliphatic heterocycles. The van der Waals surface area contributed by atoms with Gasteiger partial charge >= 0.3 is 0 Å². The first-order valence-corrected chi connectivity index (χ1v) is 6.35. The van der Waals surface area contributed by atoms with Crippen LogP contribution < -0.4 is 0 Å². The number of ketones is 1. The van der Waals surface area contributed by atoms with E-state index in [9.17, 15) is 4.79 Å². The molecule has 2 nitrogen and oxygen atoms in total.